The van der Waals surface area contributed by atoms with Gasteiger partial charge in [0.15, 0.2) is 0 Å². The van der Waals surface area contributed by atoms with Crippen LogP contribution in [0.4, 0.5) is 22.0 Å². The topological polar surface area (TPSA) is 132 Å². The number of rotatable bonds is 5. The first-order valence-corrected chi connectivity index (χ1v) is 13.7. The minimum Gasteiger partial charge on any atom is -0.494 e. The van der Waals surface area contributed by atoms with Crippen molar-refractivity contribution in [3.63, 3.8) is 0 Å². The highest BCUT2D eigenvalue weighted by atomic mass is 16.6. The minimum atomic E-state index is -0.722. The van der Waals surface area contributed by atoms with Crippen LogP contribution in [-0.2, 0) is 4.74 Å². The van der Waals surface area contributed by atoms with E-state index in [0.29, 0.717) is 52.2 Å². The van der Waals surface area contributed by atoms with Gasteiger partial charge < -0.3 is 20.9 Å². The quantitative estimate of drug-likeness (QED) is 0.374. The monoisotopic (exact) mass is 534 g/mol. The number of carbonyl (C=O) groups excluding carboxylic acids is 1. The summed E-state index contributed by atoms with van der Waals surface area (Å²) < 4.78 is 12.9. The number of hydrogen-bond acceptors (Lipinski definition) is 7. The van der Waals surface area contributed by atoms with Crippen molar-refractivity contribution in [1.29, 1.82) is 5.26 Å². The van der Waals surface area contributed by atoms with E-state index in [1.807, 2.05) is 20.8 Å². The first-order chi connectivity index (χ1) is 18.5. The van der Waals surface area contributed by atoms with Gasteiger partial charge in [-0.2, -0.15) is 10.4 Å². The summed E-state index contributed by atoms with van der Waals surface area (Å²) in [6, 6.07) is 11.6. The second-order valence-electron chi connectivity index (χ2n) is 11.1. The van der Waals surface area contributed by atoms with Crippen LogP contribution in [0.1, 0.15) is 90.7 Å². The van der Waals surface area contributed by atoms with E-state index in [4.69, 9.17) is 20.9 Å². The molecule has 1 amide bonds. The van der Waals surface area contributed by atoms with E-state index >= 15 is 0 Å². The fourth-order valence-corrected chi connectivity index (χ4v) is 4.68. The summed E-state index contributed by atoms with van der Waals surface area (Å²) in [5, 5.41) is 14.2. The van der Waals surface area contributed by atoms with Gasteiger partial charge in [-0.25, -0.2) is 14.2 Å². The normalized spacial score (nSPS) is 13.9. The van der Waals surface area contributed by atoms with Gasteiger partial charge in [0.1, 0.15) is 28.8 Å². The molecular weight excluding hydrogens is 492 g/mol. The van der Waals surface area contributed by atoms with Gasteiger partial charge in [-0.05, 0) is 76.8 Å². The number of carbonyl (C=O) groups is 1. The largest absolute Gasteiger partial charge is 0.494 e. The van der Waals surface area contributed by atoms with Crippen LogP contribution in [0.3, 0.4) is 0 Å². The second kappa shape index (κ2) is 12.9. The fourth-order valence-electron chi connectivity index (χ4n) is 4.68. The predicted octanol–water partition coefficient (Wildman–Crippen LogP) is 6.66. The number of ether oxygens (including phenoxy) is 2. The smallest absolute Gasteiger partial charge is 0.420 e. The molecule has 4 rings (SSSR count). The van der Waals surface area contributed by atoms with E-state index in [9.17, 15) is 10.1 Å². The Morgan fingerprint density at radius 2 is 1.82 bits per heavy atom. The SMILES string of the molecule is CCOc1ccc(N(C(=O)OC(C)(C)C)c2c(C(C)C)c(N)c(C#N)c3ccnn23)cc1.NC1CCCCC1. The Morgan fingerprint density at radius 3 is 2.31 bits per heavy atom. The van der Waals surface area contributed by atoms with Crippen molar-refractivity contribution in [2.45, 2.75) is 91.2 Å². The lowest BCUT2D eigenvalue weighted by molar-refractivity contribution is 0.0597. The molecule has 0 atom stereocenters. The van der Waals surface area contributed by atoms with Gasteiger partial charge in [0.25, 0.3) is 0 Å². The van der Waals surface area contributed by atoms with Crippen molar-refractivity contribution in [3.05, 3.63) is 47.7 Å². The van der Waals surface area contributed by atoms with Crippen LogP contribution in [0.15, 0.2) is 36.5 Å². The van der Waals surface area contributed by atoms with Crippen molar-refractivity contribution in [2.24, 2.45) is 5.73 Å². The maximum Gasteiger partial charge on any atom is 0.420 e. The zero-order valence-corrected chi connectivity index (χ0v) is 24.0. The van der Waals surface area contributed by atoms with Crippen LogP contribution in [0.2, 0.25) is 0 Å². The molecule has 2 heterocycles. The summed E-state index contributed by atoms with van der Waals surface area (Å²) >= 11 is 0. The predicted molar refractivity (Wildman–Crippen MR) is 155 cm³/mol. The number of hydrogen-bond donors (Lipinski definition) is 2. The average molecular weight is 535 g/mol. The molecule has 9 heteroatoms. The Bertz CT molecular complexity index is 1300. The van der Waals surface area contributed by atoms with Crippen LogP contribution >= 0.6 is 0 Å². The van der Waals surface area contributed by atoms with Crippen molar-refractivity contribution in [2.75, 3.05) is 17.2 Å². The minimum absolute atomic E-state index is 0.0988. The van der Waals surface area contributed by atoms with Gasteiger partial charge in [-0.15, -0.1) is 0 Å². The molecule has 0 saturated heterocycles. The molecule has 1 aliphatic rings. The summed E-state index contributed by atoms with van der Waals surface area (Å²) in [4.78, 5) is 15.0. The first kappa shape index (κ1) is 29.8. The van der Waals surface area contributed by atoms with Gasteiger partial charge >= 0.3 is 6.09 Å². The first-order valence-electron chi connectivity index (χ1n) is 13.7. The van der Waals surface area contributed by atoms with Crippen LogP contribution in [0.25, 0.3) is 5.52 Å². The van der Waals surface area contributed by atoms with Gasteiger partial charge in [-0.1, -0.05) is 33.1 Å². The molecular formula is C30H42N6O3. The summed E-state index contributed by atoms with van der Waals surface area (Å²) in [5.41, 5.74) is 13.7. The standard InChI is InChI=1S/C24H29N5O3.C6H13N/c1-7-31-17-10-8-16(9-11-17)28(23(30)32-24(4,5)6)22-20(15(2)3)21(26)18(14-25)19-12-13-27-29(19)22;7-6-4-2-1-3-5-6/h8-13,15H,7,26H2,1-6H3;6H,1-5,7H2. The highest BCUT2D eigenvalue weighted by molar-refractivity contribution is 5.98. The zero-order valence-electron chi connectivity index (χ0n) is 24.0. The van der Waals surface area contributed by atoms with E-state index in [-0.39, 0.29) is 5.92 Å². The number of nitriles is 1. The van der Waals surface area contributed by atoms with E-state index < -0.39 is 11.7 Å². The highest BCUT2D eigenvalue weighted by Gasteiger charge is 2.32. The van der Waals surface area contributed by atoms with E-state index in [2.05, 4.69) is 11.2 Å². The van der Waals surface area contributed by atoms with Crippen LogP contribution < -0.4 is 21.1 Å². The maximum atomic E-state index is 13.5. The molecule has 0 radical (unpaired) electrons. The molecule has 1 aliphatic carbocycles. The molecule has 0 bridgehead atoms. The molecule has 9 nitrogen and oxygen atoms in total. The van der Waals surface area contributed by atoms with Gasteiger partial charge in [0.2, 0.25) is 0 Å². The third-order valence-electron chi connectivity index (χ3n) is 6.43. The van der Waals surface area contributed by atoms with E-state index in [1.165, 1.54) is 37.0 Å². The Morgan fingerprint density at radius 1 is 1.18 bits per heavy atom. The average Bonchev–Trinajstić information content (AvgIpc) is 3.34. The Labute approximate surface area is 231 Å². The lowest BCUT2D eigenvalue weighted by atomic mass is 9.97. The van der Waals surface area contributed by atoms with Gasteiger partial charge in [-0.3, -0.25) is 0 Å². The maximum absolute atomic E-state index is 13.5. The van der Waals surface area contributed by atoms with Crippen molar-refractivity contribution < 1.29 is 14.3 Å². The van der Waals surface area contributed by atoms with Crippen molar-refractivity contribution >= 4 is 28.8 Å². The second-order valence-corrected chi connectivity index (χ2v) is 11.1. The molecule has 1 fully saturated rings. The fraction of sp³-hybridized carbons (Fsp3) is 0.500. The number of aromatic nitrogens is 2. The number of fused-ring (bicyclic) bond motifs is 1. The summed E-state index contributed by atoms with van der Waals surface area (Å²) in [6.07, 6.45) is 7.66. The number of nitrogens with two attached hydrogens (primary N) is 2. The van der Waals surface area contributed by atoms with Crippen LogP contribution in [0, 0.1) is 11.3 Å². The molecule has 1 saturated carbocycles. The van der Waals surface area contributed by atoms with E-state index in [0.717, 1.165) is 0 Å². The molecule has 1 aromatic carbocycles. The molecule has 39 heavy (non-hydrogen) atoms. The third kappa shape index (κ3) is 7.21. The number of anilines is 3. The third-order valence-corrected chi connectivity index (χ3v) is 6.43. The molecule has 0 aliphatic heterocycles. The summed E-state index contributed by atoms with van der Waals surface area (Å²) in [6.45, 7) is 11.8. The van der Waals surface area contributed by atoms with Crippen LogP contribution in [-0.4, -0.2) is 34.0 Å². The lowest BCUT2D eigenvalue weighted by Gasteiger charge is -2.30. The number of pyridine rings is 1. The van der Waals surface area contributed by atoms with Gasteiger partial charge in [0, 0.05) is 11.6 Å². The van der Waals surface area contributed by atoms with Crippen LogP contribution in [0.5, 0.6) is 5.75 Å². The molecule has 2 aromatic heterocycles. The number of amides is 1. The summed E-state index contributed by atoms with van der Waals surface area (Å²) in [7, 11) is 0. The van der Waals surface area contributed by atoms with Gasteiger partial charge in [0.05, 0.1) is 29.7 Å². The zero-order chi connectivity index (χ0) is 28.7. The van der Waals surface area contributed by atoms with Crippen molar-refractivity contribution in [3.8, 4) is 11.8 Å². The van der Waals surface area contributed by atoms with E-state index in [1.54, 1.807) is 61.8 Å². The molecule has 210 valence electrons. The lowest BCUT2D eigenvalue weighted by Crippen LogP contribution is -2.36. The number of nitrogen functional groups attached to an aromatic ring is 1. The molecule has 0 unspecified atom stereocenters. The van der Waals surface area contributed by atoms with Crippen molar-refractivity contribution in [1.82, 2.24) is 9.61 Å². The molecule has 4 N–H and O–H groups in total. The Kier molecular flexibility index (Phi) is 9.81. The highest BCUT2D eigenvalue weighted by Crippen LogP contribution is 2.40. The number of benzene rings is 1. The summed E-state index contributed by atoms with van der Waals surface area (Å²) in [5.74, 6) is 1.03. The Hall–Kier alpha value is -3.77. The molecule has 3 aromatic rings. The Balaban J connectivity index is 0.000000520. The number of nitrogens with zero attached hydrogens (tertiary/aromatic N) is 4. The molecule has 0 spiro atoms.